The van der Waals surface area contributed by atoms with E-state index < -0.39 is 69.9 Å². The Kier molecular flexibility index (Phi) is 25.0. The van der Waals surface area contributed by atoms with Crippen LogP contribution in [0.25, 0.3) is 17.1 Å². The molecule has 6 aromatic carbocycles. The van der Waals surface area contributed by atoms with Crippen molar-refractivity contribution in [2.24, 2.45) is 0 Å². The van der Waals surface area contributed by atoms with Gasteiger partial charge in [-0.3, -0.25) is 42.5 Å². The maximum Gasteiger partial charge on any atom is 0.280 e. The van der Waals surface area contributed by atoms with Gasteiger partial charge in [-0.25, -0.2) is 41.3 Å². The molecule has 0 unspecified atom stereocenters. The molecule has 21 nitrogen and oxygen atoms in total. The van der Waals surface area contributed by atoms with Gasteiger partial charge in [-0.15, -0.1) is 0 Å². The smallest absolute Gasteiger partial charge is 0.280 e. The maximum atomic E-state index is 13.8. The van der Waals surface area contributed by atoms with Gasteiger partial charge in [0.2, 0.25) is 17.6 Å². The van der Waals surface area contributed by atoms with E-state index in [1.54, 1.807) is 75.4 Å². The molecular formula is C73H68Cl3F6N9O12. The van der Waals surface area contributed by atoms with Gasteiger partial charge in [0, 0.05) is 51.6 Å². The molecule has 540 valence electrons. The lowest BCUT2D eigenvalue weighted by atomic mass is 9.92. The number of aliphatic hydroxyl groups excluding tert-OH is 3. The second kappa shape index (κ2) is 33.9. The van der Waals surface area contributed by atoms with E-state index in [9.17, 15) is 70.4 Å². The zero-order chi connectivity index (χ0) is 73.9. The summed E-state index contributed by atoms with van der Waals surface area (Å²) in [5.74, 6) is -6.20. The highest BCUT2D eigenvalue weighted by molar-refractivity contribution is 6.32. The second-order valence-electron chi connectivity index (χ2n) is 24.8. The van der Waals surface area contributed by atoms with Crippen molar-refractivity contribution >= 4 is 52.5 Å². The molecule has 103 heavy (non-hydrogen) atoms. The summed E-state index contributed by atoms with van der Waals surface area (Å²) in [5, 5.41) is 37.6. The van der Waals surface area contributed by atoms with E-state index in [0.717, 1.165) is 62.1 Å². The van der Waals surface area contributed by atoms with E-state index in [4.69, 9.17) is 49.0 Å². The number of hydrogen-bond acceptors (Lipinski definition) is 15. The third-order valence-corrected chi connectivity index (χ3v) is 18.6. The van der Waals surface area contributed by atoms with Crippen molar-refractivity contribution in [1.29, 1.82) is 0 Å². The molecular weight excluding hydrogens is 1420 g/mol. The number of rotatable bonds is 18. The molecule has 9 aromatic rings. The lowest BCUT2D eigenvalue weighted by Crippen LogP contribution is -2.45. The molecule has 12 rings (SSSR count). The zero-order valence-corrected chi connectivity index (χ0v) is 57.6. The number of nitrogens with zero attached hydrogens (tertiary/aromatic N) is 6. The lowest BCUT2D eigenvalue weighted by Gasteiger charge is -2.28. The number of ether oxygens (including phenoxy) is 3. The Morgan fingerprint density at radius 3 is 0.951 bits per heavy atom. The van der Waals surface area contributed by atoms with Crippen molar-refractivity contribution in [2.75, 3.05) is 0 Å². The summed E-state index contributed by atoms with van der Waals surface area (Å²) in [6.45, 7) is 4.39. The van der Waals surface area contributed by atoms with Crippen LogP contribution in [-0.4, -0.2) is 98.1 Å². The number of aliphatic hydroxyl groups is 3. The molecule has 30 heteroatoms. The molecule has 3 fully saturated rings. The van der Waals surface area contributed by atoms with Crippen molar-refractivity contribution in [3.63, 3.8) is 0 Å². The Morgan fingerprint density at radius 1 is 0.417 bits per heavy atom. The number of carbonyl (C=O) groups excluding carboxylic acids is 3. The fourth-order valence-electron chi connectivity index (χ4n) is 11.7. The molecule has 3 aromatic heterocycles. The van der Waals surface area contributed by atoms with Crippen LogP contribution in [0.5, 0.6) is 17.6 Å². The monoisotopic (exact) mass is 1480 g/mol. The fourth-order valence-corrected chi connectivity index (χ4v) is 12.3. The summed E-state index contributed by atoms with van der Waals surface area (Å²) in [6.07, 6.45) is 9.47. The first-order chi connectivity index (χ1) is 49.2. The van der Waals surface area contributed by atoms with Crippen molar-refractivity contribution in [3.05, 3.63) is 259 Å². The van der Waals surface area contributed by atoms with Crippen molar-refractivity contribution in [3.8, 4) is 34.7 Å². The molecule has 6 N–H and O–H groups in total. The lowest BCUT2D eigenvalue weighted by molar-refractivity contribution is 0.0717. The zero-order valence-electron chi connectivity index (χ0n) is 55.4. The summed E-state index contributed by atoms with van der Waals surface area (Å²) < 4.78 is 100. The number of hydrogen-bond donors (Lipinski definition) is 6. The van der Waals surface area contributed by atoms with Gasteiger partial charge in [0.15, 0.2) is 15.1 Å². The van der Waals surface area contributed by atoms with Crippen LogP contribution >= 0.6 is 34.8 Å². The van der Waals surface area contributed by atoms with Crippen LogP contribution in [0.1, 0.15) is 129 Å². The summed E-state index contributed by atoms with van der Waals surface area (Å²) >= 11 is 18.6. The number of benzene rings is 6. The van der Waals surface area contributed by atoms with Crippen LogP contribution in [0, 0.1) is 55.7 Å². The molecule has 0 bridgehead atoms. The largest absolute Gasteiger partial charge is 0.471 e. The molecule has 0 radical (unpaired) electrons. The first-order valence-electron chi connectivity index (χ1n) is 32.5. The number of aryl methyl sites for hydroxylation is 3. The van der Waals surface area contributed by atoms with Gasteiger partial charge in [0.25, 0.3) is 34.4 Å². The van der Waals surface area contributed by atoms with Crippen LogP contribution in [0.2, 0.25) is 15.1 Å². The van der Waals surface area contributed by atoms with Crippen LogP contribution in [0.3, 0.4) is 0 Å². The van der Waals surface area contributed by atoms with Crippen LogP contribution in [0.15, 0.2) is 143 Å². The third-order valence-electron chi connectivity index (χ3n) is 17.6. The van der Waals surface area contributed by atoms with Gasteiger partial charge in [-0.05, 0) is 162 Å². The quantitative estimate of drug-likeness (QED) is 0.0436. The number of halogens is 9. The number of aromatic nitrogens is 6. The minimum absolute atomic E-state index is 0.0744. The normalized spacial score (nSPS) is 17.6. The van der Waals surface area contributed by atoms with Gasteiger partial charge >= 0.3 is 0 Å². The maximum absolute atomic E-state index is 13.8. The first kappa shape index (κ1) is 75.8. The van der Waals surface area contributed by atoms with Crippen molar-refractivity contribution in [2.45, 2.75) is 141 Å². The SMILES string of the molecule is Cc1ccc(C(=O)N[C@H]2CCCC[C@@H]2O)cc1-n1cnc(OCc2ccc(F)cc2F)c(Cl)c1=O.Cc1ccc(C(=O)N[C@H]2CCC[C@@H]2O)cc1-n1cnc(OCc2ccc(F)cc2F)c(Cl)c1=O.Cc1ccc(C(=O)N[C@H]2CCC[C@H]2O)cc1-n1cnc(OCc2ccc(F)cc2F)c(Cl)c1=O. The van der Waals surface area contributed by atoms with Gasteiger partial charge < -0.3 is 45.5 Å². The Labute approximate surface area is 599 Å². The predicted octanol–water partition coefficient (Wildman–Crippen LogP) is 11.5. The van der Waals surface area contributed by atoms with Gasteiger partial charge in [0.1, 0.15) is 73.7 Å². The molecule has 3 saturated carbocycles. The third kappa shape index (κ3) is 18.5. The first-order valence-corrected chi connectivity index (χ1v) is 33.7. The molecule has 3 amide bonds. The summed E-state index contributed by atoms with van der Waals surface area (Å²) in [4.78, 5) is 89.2. The van der Waals surface area contributed by atoms with E-state index in [2.05, 4.69) is 30.9 Å². The second-order valence-corrected chi connectivity index (χ2v) is 25.9. The van der Waals surface area contributed by atoms with Crippen LogP contribution in [0.4, 0.5) is 26.3 Å². The Hall–Kier alpha value is -9.90. The van der Waals surface area contributed by atoms with E-state index in [1.165, 1.54) is 50.9 Å². The Bertz CT molecular complexity index is 4660. The molecule has 0 spiro atoms. The highest BCUT2D eigenvalue weighted by atomic mass is 35.5. The van der Waals surface area contributed by atoms with Gasteiger partial charge in [-0.1, -0.05) is 65.8 Å². The minimum Gasteiger partial charge on any atom is -0.471 e. The summed E-state index contributed by atoms with van der Waals surface area (Å²) in [7, 11) is 0. The summed E-state index contributed by atoms with van der Waals surface area (Å²) in [6, 6.07) is 22.8. The van der Waals surface area contributed by atoms with Crippen LogP contribution in [-0.2, 0) is 19.8 Å². The highest BCUT2D eigenvalue weighted by Gasteiger charge is 2.30. The van der Waals surface area contributed by atoms with Crippen molar-refractivity contribution < 1.29 is 70.3 Å². The topological polar surface area (TPSA) is 280 Å². The standard InChI is InChI=1S/C25H24ClF2N3O4.2C24H22ClF2N3O4/c1-14-6-7-15(23(33)30-19-4-2-3-5-21(19)32)10-20(14)31-13-29-24(22(26)25(31)34)35-12-16-8-9-17(27)11-18(16)28;2*1-13-5-6-14(22(32)29-18-3-2-4-20(18)31)9-19(13)30-12-28-23(21(25)24(30)33)34-11-15-7-8-16(26)10-17(15)27/h6-11,13,19,21,32H,2-5,12H2,1H3,(H,30,33);2*5-10,12,18,20,31H,2-4,11H2,1H3,(H,29,32)/t19-,21-;18-,20+;18-,20-/m000/s1. The number of amides is 3. The minimum atomic E-state index is -0.791. The molecule has 3 aliphatic carbocycles. The molecule has 0 saturated heterocycles. The number of carbonyl (C=O) groups is 3. The van der Waals surface area contributed by atoms with E-state index in [1.807, 2.05) is 0 Å². The average Bonchev–Trinajstić information content (AvgIpc) is 1.58. The highest BCUT2D eigenvalue weighted by Crippen LogP contribution is 2.29. The predicted molar refractivity (Wildman–Crippen MR) is 369 cm³/mol. The van der Waals surface area contributed by atoms with E-state index in [0.29, 0.717) is 89.0 Å². The van der Waals surface area contributed by atoms with Gasteiger partial charge in [0.05, 0.1) is 53.5 Å². The van der Waals surface area contributed by atoms with E-state index in [-0.39, 0.29) is 105 Å². The van der Waals surface area contributed by atoms with E-state index >= 15 is 0 Å². The van der Waals surface area contributed by atoms with Gasteiger partial charge in [-0.2, -0.15) is 0 Å². The Morgan fingerprint density at radius 2 is 0.689 bits per heavy atom. The van der Waals surface area contributed by atoms with Crippen molar-refractivity contribution in [1.82, 2.24) is 44.6 Å². The fraction of sp³-hybridized carbons (Fsp3) is 0.301. The summed E-state index contributed by atoms with van der Waals surface area (Å²) in [5.41, 5.74) is 2.53. The average molecular weight is 1480 g/mol. The number of nitrogens with one attached hydrogen (secondary N) is 3. The Balaban J connectivity index is 0.000000166. The molecule has 3 aliphatic rings. The molecule has 0 aliphatic heterocycles. The molecule has 6 atom stereocenters. The molecule has 3 heterocycles. The van der Waals surface area contributed by atoms with Crippen LogP contribution < -0.4 is 46.8 Å².